The van der Waals surface area contributed by atoms with Crippen LogP contribution < -0.4 is 4.31 Å². The van der Waals surface area contributed by atoms with Crippen molar-refractivity contribution in [3.05, 3.63) is 35.4 Å². The van der Waals surface area contributed by atoms with E-state index in [1.807, 2.05) is 0 Å². The molecule has 0 saturated carbocycles. The van der Waals surface area contributed by atoms with Crippen molar-refractivity contribution in [1.82, 2.24) is 10.2 Å². The molecule has 102 valence electrons. The molecule has 2 rings (SSSR count). The Morgan fingerprint density at radius 2 is 1.84 bits per heavy atom. The molecule has 0 amide bonds. The summed E-state index contributed by atoms with van der Waals surface area (Å²) in [5, 5.41) is 7.73. The minimum atomic E-state index is -3.68. The van der Waals surface area contributed by atoms with E-state index in [0.717, 1.165) is 10.00 Å². The van der Waals surface area contributed by atoms with Crippen LogP contribution >= 0.6 is 0 Å². The molecule has 0 fully saturated rings. The molecule has 0 aliphatic heterocycles. The fraction of sp³-hybridized carbons (Fsp3) is 0.333. The van der Waals surface area contributed by atoms with Crippen LogP contribution in [0.5, 0.6) is 0 Å². The van der Waals surface area contributed by atoms with Crippen LogP contribution in [0.1, 0.15) is 17.2 Å². The Bertz CT molecular complexity index is 690. The Morgan fingerprint density at radius 1 is 1.16 bits per heavy atom. The standard InChI is InChI=1S/C12H15N3O3S/c1-8-5-6-12(14-13-8)15(4)19(16,17)11-7-9(2)18-10(11)3/h5-7H,1-4H3. The zero-order chi connectivity index (χ0) is 14.2. The van der Waals surface area contributed by atoms with Crippen LogP contribution in [0, 0.1) is 20.8 Å². The first kappa shape index (κ1) is 13.5. The van der Waals surface area contributed by atoms with Gasteiger partial charge in [-0.15, -0.1) is 5.10 Å². The molecular weight excluding hydrogens is 266 g/mol. The molecule has 0 unspecified atom stereocenters. The van der Waals surface area contributed by atoms with Gasteiger partial charge in [-0.3, -0.25) is 4.31 Å². The predicted molar refractivity (Wildman–Crippen MR) is 70.5 cm³/mol. The fourth-order valence-electron chi connectivity index (χ4n) is 1.69. The van der Waals surface area contributed by atoms with Crippen molar-refractivity contribution in [3.8, 4) is 0 Å². The third-order valence-electron chi connectivity index (χ3n) is 2.74. The van der Waals surface area contributed by atoms with Gasteiger partial charge in [-0.25, -0.2) is 8.42 Å². The third kappa shape index (κ3) is 2.46. The van der Waals surface area contributed by atoms with Crippen LogP contribution in [0.2, 0.25) is 0 Å². The van der Waals surface area contributed by atoms with Crippen LogP contribution in [0.15, 0.2) is 27.5 Å². The topological polar surface area (TPSA) is 76.3 Å². The first-order chi connectivity index (χ1) is 8.82. The lowest BCUT2D eigenvalue weighted by molar-refractivity contribution is 0.496. The van der Waals surface area contributed by atoms with E-state index in [1.165, 1.54) is 13.1 Å². The minimum absolute atomic E-state index is 0.148. The summed E-state index contributed by atoms with van der Waals surface area (Å²) in [5.41, 5.74) is 0.727. The number of hydrogen-bond donors (Lipinski definition) is 0. The van der Waals surface area contributed by atoms with Gasteiger partial charge in [-0.1, -0.05) is 0 Å². The largest absolute Gasteiger partial charge is 0.465 e. The monoisotopic (exact) mass is 281 g/mol. The molecular formula is C12H15N3O3S. The highest BCUT2D eigenvalue weighted by Gasteiger charge is 2.26. The summed E-state index contributed by atoms with van der Waals surface area (Å²) in [6.07, 6.45) is 0. The second-order valence-electron chi connectivity index (χ2n) is 4.28. The van der Waals surface area contributed by atoms with Crippen molar-refractivity contribution < 1.29 is 12.8 Å². The molecule has 0 aromatic carbocycles. The molecule has 2 heterocycles. The number of anilines is 1. The highest BCUT2D eigenvalue weighted by atomic mass is 32.2. The second-order valence-corrected chi connectivity index (χ2v) is 6.22. The van der Waals surface area contributed by atoms with Gasteiger partial charge < -0.3 is 4.42 Å². The number of nitrogens with zero attached hydrogens (tertiary/aromatic N) is 3. The van der Waals surface area contributed by atoms with Gasteiger partial charge in [0.25, 0.3) is 10.0 Å². The van der Waals surface area contributed by atoms with E-state index in [0.29, 0.717) is 11.5 Å². The summed E-state index contributed by atoms with van der Waals surface area (Å²) in [4.78, 5) is 0.148. The normalized spacial score (nSPS) is 11.6. The van der Waals surface area contributed by atoms with Gasteiger partial charge >= 0.3 is 0 Å². The Kier molecular flexibility index (Phi) is 3.32. The van der Waals surface area contributed by atoms with Crippen molar-refractivity contribution in [2.45, 2.75) is 25.7 Å². The quantitative estimate of drug-likeness (QED) is 0.857. The van der Waals surface area contributed by atoms with E-state index >= 15 is 0 Å². The van der Waals surface area contributed by atoms with Gasteiger partial charge in [-0.2, -0.15) is 5.10 Å². The van der Waals surface area contributed by atoms with E-state index in [9.17, 15) is 8.42 Å². The third-order valence-corrected chi connectivity index (χ3v) is 4.61. The molecule has 2 aromatic rings. The fourth-order valence-corrected chi connectivity index (χ4v) is 3.05. The smallest absolute Gasteiger partial charge is 0.268 e. The molecule has 19 heavy (non-hydrogen) atoms. The number of rotatable bonds is 3. The number of sulfonamides is 1. The lowest BCUT2D eigenvalue weighted by Gasteiger charge is -2.17. The summed E-state index contributed by atoms with van der Waals surface area (Å²) >= 11 is 0. The van der Waals surface area contributed by atoms with Gasteiger partial charge in [-0.05, 0) is 32.9 Å². The molecule has 0 atom stereocenters. The summed E-state index contributed by atoms with van der Waals surface area (Å²) in [6, 6.07) is 4.83. The maximum Gasteiger partial charge on any atom is 0.268 e. The van der Waals surface area contributed by atoms with Crippen LogP contribution in [-0.2, 0) is 10.0 Å². The van der Waals surface area contributed by atoms with E-state index in [2.05, 4.69) is 10.2 Å². The van der Waals surface area contributed by atoms with Crippen molar-refractivity contribution in [1.29, 1.82) is 0 Å². The van der Waals surface area contributed by atoms with Gasteiger partial charge in [0.05, 0.1) is 5.69 Å². The molecule has 6 nitrogen and oxygen atoms in total. The lowest BCUT2D eigenvalue weighted by atomic mass is 10.4. The number of aromatic nitrogens is 2. The molecule has 0 spiro atoms. The number of furan rings is 1. The van der Waals surface area contributed by atoms with Gasteiger partial charge in [0, 0.05) is 13.1 Å². The summed E-state index contributed by atoms with van der Waals surface area (Å²) in [7, 11) is -2.24. The minimum Gasteiger partial charge on any atom is -0.465 e. The molecule has 0 N–H and O–H groups in total. The Labute approximate surface area is 112 Å². The summed E-state index contributed by atoms with van der Waals surface area (Å²) in [6.45, 7) is 5.11. The molecule has 0 bridgehead atoms. The molecule has 0 saturated heterocycles. The predicted octanol–water partition coefficient (Wildman–Crippen LogP) is 1.82. The van der Waals surface area contributed by atoms with Gasteiger partial charge in [0.15, 0.2) is 5.82 Å². The molecule has 2 aromatic heterocycles. The van der Waals surface area contributed by atoms with Gasteiger partial charge in [0.2, 0.25) is 0 Å². The van der Waals surface area contributed by atoms with Crippen molar-refractivity contribution in [2.24, 2.45) is 0 Å². The van der Waals surface area contributed by atoms with Crippen molar-refractivity contribution in [2.75, 3.05) is 11.4 Å². The zero-order valence-electron chi connectivity index (χ0n) is 11.2. The molecule has 0 radical (unpaired) electrons. The first-order valence-corrected chi connectivity index (χ1v) is 7.12. The lowest BCUT2D eigenvalue weighted by Crippen LogP contribution is -2.27. The van der Waals surface area contributed by atoms with Crippen molar-refractivity contribution >= 4 is 15.8 Å². The van der Waals surface area contributed by atoms with Crippen LogP contribution in [0.4, 0.5) is 5.82 Å². The average Bonchev–Trinajstić information content (AvgIpc) is 2.69. The van der Waals surface area contributed by atoms with Crippen LogP contribution in [-0.4, -0.2) is 25.7 Å². The Hall–Kier alpha value is -1.89. The second kappa shape index (κ2) is 4.65. The molecule has 7 heteroatoms. The Balaban J connectivity index is 2.45. The summed E-state index contributed by atoms with van der Waals surface area (Å²) < 4.78 is 31.3. The maximum absolute atomic E-state index is 12.4. The number of aryl methyl sites for hydroxylation is 3. The molecule has 0 aliphatic carbocycles. The van der Waals surface area contributed by atoms with E-state index in [1.54, 1.807) is 32.9 Å². The zero-order valence-corrected chi connectivity index (χ0v) is 12.0. The Morgan fingerprint density at radius 3 is 2.32 bits per heavy atom. The highest BCUT2D eigenvalue weighted by Crippen LogP contribution is 2.25. The maximum atomic E-state index is 12.4. The van der Waals surface area contributed by atoms with Gasteiger partial charge in [0.1, 0.15) is 16.4 Å². The van der Waals surface area contributed by atoms with Crippen LogP contribution in [0.25, 0.3) is 0 Å². The van der Waals surface area contributed by atoms with E-state index < -0.39 is 10.0 Å². The highest BCUT2D eigenvalue weighted by molar-refractivity contribution is 7.92. The molecule has 0 aliphatic rings. The number of hydrogen-bond acceptors (Lipinski definition) is 5. The van der Waals surface area contributed by atoms with E-state index in [4.69, 9.17) is 4.42 Å². The SMILES string of the molecule is Cc1ccc(N(C)S(=O)(=O)c2cc(C)oc2C)nn1. The van der Waals surface area contributed by atoms with E-state index in [-0.39, 0.29) is 10.7 Å². The first-order valence-electron chi connectivity index (χ1n) is 5.68. The summed E-state index contributed by atoms with van der Waals surface area (Å²) in [5.74, 6) is 1.19. The average molecular weight is 281 g/mol. The van der Waals surface area contributed by atoms with Crippen molar-refractivity contribution in [3.63, 3.8) is 0 Å². The van der Waals surface area contributed by atoms with Crippen LogP contribution in [0.3, 0.4) is 0 Å².